The molecule has 2 rings (SSSR count). The molecule has 94 valence electrons. The van der Waals surface area contributed by atoms with Crippen LogP contribution in [0.5, 0.6) is 5.75 Å². The highest BCUT2D eigenvalue weighted by atomic mass is 16.5. The van der Waals surface area contributed by atoms with Crippen LogP contribution >= 0.6 is 0 Å². The minimum atomic E-state index is -0.0465. The maximum atomic E-state index is 6.26. The highest BCUT2D eigenvalue weighted by Crippen LogP contribution is 2.43. The minimum Gasteiger partial charge on any atom is -0.491 e. The summed E-state index contributed by atoms with van der Waals surface area (Å²) in [6.45, 7) is 4.06. The van der Waals surface area contributed by atoms with E-state index in [9.17, 15) is 0 Å². The van der Waals surface area contributed by atoms with Crippen molar-refractivity contribution in [3.8, 4) is 5.75 Å². The van der Waals surface area contributed by atoms with Crippen molar-refractivity contribution in [2.24, 2.45) is 5.73 Å². The first-order chi connectivity index (χ1) is 8.05. The fraction of sp³-hybridized carbons (Fsp3) is 0.571. The lowest BCUT2D eigenvalue weighted by atomic mass is 9.98. The predicted octanol–water partition coefficient (Wildman–Crippen LogP) is 2.23. The third kappa shape index (κ3) is 2.79. The lowest BCUT2D eigenvalue weighted by Gasteiger charge is -2.23. The van der Waals surface area contributed by atoms with Crippen molar-refractivity contribution < 1.29 is 4.74 Å². The maximum Gasteiger partial charge on any atom is 0.119 e. The van der Waals surface area contributed by atoms with Gasteiger partial charge in [0.1, 0.15) is 5.75 Å². The molecule has 3 heteroatoms. The van der Waals surface area contributed by atoms with E-state index in [0.29, 0.717) is 0 Å². The molecular formula is C14H22N2O. The van der Waals surface area contributed by atoms with Gasteiger partial charge >= 0.3 is 0 Å². The zero-order chi connectivity index (χ0) is 12.5. The fourth-order valence-corrected chi connectivity index (χ4v) is 2.23. The van der Waals surface area contributed by atoms with Crippen molar-refractivity contribution in [1.82, 2.24) is 5.32 Å². The summed E-state index contributed by atoms with van der Waals surface area (Å²) in [5.41, 5.74) is 7.45. The SMILES string of the molecule is CNC(c1ccc(OC(C)C)cc1)C1(N)CC1. The van der Waals surface area contributed by atoms with Gasteiger partial charge in [-0.05, 0) is 51.4 Å². The van der Waals surface area contributed by atoms with Gasteiger partial charge < -0.3 is 15.8 Å². The molecule has 1 aromatic rings. The van der Waals surface area contributed by atoms with Gasteiger partial charge in [0.2, 0.25) is 0 Å². The van der Waals surface area contributed by atoms with Gasteiger partial charge in [-0.3, -0.25) is 0 Å². The van der Waals surface area contributed by atoms with Crippen LogP contribution in [0.25, 0.3) is 0 Å². The molecule has 0 amide bonds. The van der Waals surface area contributed by atoms with Crippen molar-refractivity contribution in [3.05, 3.63) is 29.8 Å². The summed E-state index contributed by atoms with van der Waals surface area (Å²) >= 11 is 0. The van der Waals surface area contributed by atoms with Crippen molar-refractivity contribution in [2.75, 3.05) is 7.05 Å². The lowest BCUT2D eigenvalue weighted by Crippen LogP contribution is -2.38. The number of benzene rings is 1. The second kappa shape index (κ2) is 4.67. The van der Waals surface area contributed by atoms with Crippen LogP contribution in [0.1, 0.15) is 38.3 Å². The van der Waals surface area contributed by atoms with Crippen molar-refractivity contribution in [3.63, 3.8) is 0 Å². The van der Waals surface area contributed by atoms with Gasteiger partial charge in [0.15, 0.2) is 0 Å². The number of ether oxygens (including phenoxy) is 1. The first-order valence-corrected chi connectivity index (χ1v) is 6.28. The van der Waals surface area contributed by atoms with E-state index >= 15 is 0 Å². The Labute approximate surface area is 103 Å². The zero-order valence-electron chi connectivity index (χ0n) is 10.9. The summed E-state index contributed by atoms with van der Waals surface area (Å²) < 4.78 is 5.63. The molecule has 0 aliphatic heterocycles. The minimum absolute atomic E-state index is 0.0465. The number of nitrogens with two attached hydrogens (primary N) is 1. The monoisotopic (exact) mass is 234 g/mol. The Morgan fingerprint density at radius 2 is 1.82 bits per heavy atom. The topological polar surface area (TPSA) is 47.3 Å². The summed E-state index contributed by atoms with van der Waals surface area (Å²) in [7, 11) is 1.97. The molecule has 3 nitrogen and oxygen atoms in total. The molecule has 1 aliphatic rings. The quantitative estimate of drug-likeness (QED) is 0.821. The van der Waals surface area contributed by atoms with Crippen molar-refractivity contribution in [1.29, 1.82) is 0 Å². The number of hydrogen-bond acceptors (Lipinski definition) is 3. The Morgan fingerprint density at radius 3 is 2.24 bits per heavy atom. The van der Waals surface area contributed by atoms with Gasteiger partial charge in [0.05, 0.1) is 12.1 Å². The van der Waals surface area contributed by atoms with Crippen LogP contribution in [0.4, 0.5) is 0 Å². The Hall–Kier alpha value is -1.06. The molecule has 0 saturated heterocycles. The summed E-state index contributed by atoms with van der Waals surface area (Å²) in [6, 6.07) is 8.49. The lowest BCUT2D eigenvalue weighted by molar-refractivity contribution is 0.242. The number of nitrogens with one attached hydrogen (secondary N) is 1. The molecule has 1 fully saturated rings. The largest absolute Gasteiger partial charge is 0.491 e. The molecule has 0 bridgehead atoms. The van der Waals surface area contributed by atoms with E-state index in [1.165, 1.54) is 5.56 Å². The summed E-state index contributed by atoms with van der Waals surface area (Å²) in [5, 5.41) is 3.32. The van der Waals surface area contributed by atoms with Gasteiger partial charge in [0.25, 0.3) is 0 Å². The maximum absolute atomic E-state index is 6.26. The number of likely N-dealkylation sites (N-methyl/N-ethyl adjacent to an activating group) is 1. The normalized spacial score (nSPS) is 19.1. The van der Waals surface area contributed by atoms with E-state index in [-0.39, 0.29) is 17.7 Å². The molecule has 0 spiro atoms. The van der Waals surface area contributed by atoms with Crippen LogP contribution < -0.4 is 15.8 Å². The molecule has 17 heavy (non-hydrogen) atoms. The highest BCUT2D eigenvalue weighted by molar-refractivity contribution is 5.32. The van der Waals surface area contributed by atoms with Crippen LogP contribution in [-0.4, -0.2) is 18.7 Å². The van der Waals surface area contributed by atoms with Gasteiger partial charge in [0, 0.05) is 5.54 Å². The molecule has 0 aromatic heterocycles. The standard InChI is InChI=1S/C14H22N2O/c1-10(2)17-12-6-4-11(5-7-12)13(16-3)14(15)8-9-14/h4-7,10,13,16H,8-9,15H2,1-3H3. The van der Waals surface area contributed by atoms with Crippen molar-refractivity contribution >= 4 is 0 Å². The second-order valence-corrected chi connectivity index (χ2v) is 5.19. The van der Waals surface area contributed by atoms with E-state index in [4.69, 9.17) is 10.5 Å². The fourth-order valence-electron chi connectivity index (χ4n) is 2.23. The molecule has 0 radical (unpaired) electrons. The smallest absolute Gasteiger partial charge is 0.119 e. The van der Waals surface area contributed by atoms with Gasteiger partial charge in [-0.15, -0.1) is 0 Å². The zero-order valence-corrected chi connectivity index (χ0v) is 10.9. The molecule has 1 saturated carbocycles. The Balaban J connectivity index is 2.11. The van der Waals surface area contributed by atoms with Crippen LogP contribution in [0.2, 0.25) is 0 Å². The van der Waals surface area contributed by atoms with E-state index in [1.54, 1.807) is 0 Å². The van der Waals surface area contributed by atoms with Crippen molar-refractivity contribution in [2.45, 2.75) is 44.4 Å². The van der Waals surface area contributed by atoms with Crippen LogP contribution in [-0.2, 0) is 0 Å². The summed E-state index contributed by atoms with van der Waals surface area (Å²) in [6.07, 6.45) is 2.41. The Morgan fingerprint density at radius 1 is 1.24 bits per heavy atom. The Kier molecular flexibility index (Phi) is 3.40. The summed E-state index contributed by atoms with van der Waals surface area (Å²) in [5.74, 6) is 0.917. The molecular weight excluding hydrogens is 212 g/mol. The van der Waals surface area contributed by atoms with E-state index in [2.05, 4.69) is 17.4 Å². The molecule has 1 aliphatic carbocycles. The van der Waals surface area contributed by atoms with Gasteiger partial charge in [-0.1, -0.05) is 12.1 Å². The van der Waals surface area contributed by atoms with Crippen LogP contribution in [0.15, 0.2) is 24.3 Å². The predicted molar refractivity (Wildman–Crippen MR) is 70.2 cm³/mol. The first-order valence-electron chi connectivity index (χ1n) is 6.28. The molecule has 3 N–H and O–H groups in total. The molecule has 1 aromatic carbocycles. The molecule has 1 atom stereocenters. The first kappa shape index (κ1) is 12.4. The third-order valence-electron chi connectivity index (χ3n) is 3.28. The number of rotatable bonds is 5. The highest BCUT2D eigenvalue weighted by Gasteiger charge is 2.45. The number of hydrogen-bond donors (Lipinski definition) is 2. The van der Waals surface area contributed by atoms with Gasteiger partial charge in [-0.2, -0.15) is 0 Å². The van der Waals surface area contributed by atoms with E-state index in [0.717, 1.165) is 18.6 Å². The van der Waals surface area contributed by atoms with E-state index < -0.39 is 0 Å². The molecule has 0 heterocycles. The van der Waals surface area contributed by atoms with Gasteiger partial charge in [-0.25, -0.2) is 0 Å². The average molecular weight is 234 g/mol. The average Bonchev–Trinajstić information content (AvgIpc) is 3.00. The van der Waals surface area contributed by atoms with Crippen LogP contribution in [0.3, 0.4) is 0 Å². The third-order valence-corrected chi connectivity index (χ3v) is 3.28. The summed E-state index contributed by atoms with van der Waals surface area (Å²) in [4.78, 5) is 0. The molecule has 1 unspecified atom stereocenters. The van der Waals surface area contributed by atoms with E-state index in [1.807, 2.05) is 33.0 Å². The second-order valence-electron chi connectivity index (χ2n) is 5.19. The van der Waals surface area contributed by atoms with Crippen LogP contribution in [0, 0.1) is 0 Å². The Bertz CT molecular complexity index is 368.